The maximum atomic E-state index is 12.9. The fraction of sp³-hybridized carbons (Fsp3) is 0.375. The zero-order valence-electron chi connectivity index (χ0n) is 22.9. The maximum Gasteiger partial charge on any atom is 0.407 e. The molecule has 0 radical (unpaired) electrons. The maximum absolute atomic E-state index is 12.9. The lowest BCUT2D eigenvalue weighted by Crippen LogP contribution is -2.50. The zero-order chi connectivity index (χ0) is 27.9. The number of thioether (sulfide) groups is 1. The summed E-state index contributed by atoms with van der Waals surface area (Å²) < 4.78 is 5.05. The van der Waals surface area contributed by atoms with Gasteiger partial charge in [0.1, 0.15) is 11.6 Å². The van der Waals surface area contributed by atoms with Gasteiger partial charge < -0.3 is 15.2 Å². The number of carboxylic acid groups (broad SMARTS) is 1. The first-order valence-corrected chi connectivity index (χ1v) is 14.4. The molecular formula is C32H38N2O4S. The summed E-state index contributed by atoms with van der Waals surface area (Å²) in [5.41, 5.74) is 2.76. The molecule has 4 rings (SSSR count). The number of nitrogens with one attached hydrogen (secondary N) is 1. The largest absolute Gasteiger partial charge is 0.480 e. The van der Waals surface area contributed by atoms with Crippen molar-refractivity contribution >= 4 is 23.8 Å². The van der Waals surface area contributed by atoms with Gasteiger partial charge in [-0.05, 0) is 56.8 Å². The Morgan fingerprint density at radius 1 is 0.923 bits per heavy atom. The Kier molecular flexibility index (Phi) is 9.36. The molecular weight excluding hydrogens is 508 g/mol. The van der Waals surface area contributed by atoms with Crippen molar-refractivity contribution in [3.63, 3.8) is 0 Å². The van der Waals surface area contributed by atoms with Gasteiger partial charge in [0.05, 0.1) is 10.8 Å². The molecule has 0 saturated carbocycles. The van der Waals surface area contributed by atoms with Gasteiger partial charge in [0.15, 0.2) is 0 Å². The van der Waals surface area contributed by atoms with Gasteiger partial charge in [0.25, 0.3) is 0 Å². The fourth-order valence-electron chi connectivity index (χ4n) is 5.22. The van der Waals surface area contributed by atoms with E-state index in [-0.39, 0.29) is 6.04 Å². The SMILES string of the molecule is CC(C)(C)OC(=O)N[C@@H](CSC(c1ccccc1)(c1ccccc1)c1ccccc1)CN1CCC[C@H]1C(=O)O. The van der Waals surface area contributed by atoms with E-state index in [1.165, 1.54) is 0 Å². The van der Waals surface area contributed by atoms with Crippen molar-refractivity contribution in [2.24, 2.45) is 0 Å². The second kappa shape index (κ2) is 12.7. The molecule has 3 aromatic rings. The van der Waals surface area contributed by atoms with Crippen LogP contribution in [0.1, 0.15) is 50.3 Å². The fourth-order valence-corrected chi connectivity index (χ4v) is 6.76. The van der Waals surface area contributed by atoms with E-state index < -0.39 is 28.5 Å². The van der Waals surface area contributed by atoms with Crippen LogP contribution in [0.25, 0.3) is 0 Å². The lowest BCUT2D eigenvalue weighted by atomic mass is 9.84. The van der Waals surface area contributed by atoms with Crippen LogP contribution < -0.4 is 5.32 Å². The molecule has 0 spiro atoms. The Labute approximate surface area is 235 Å². The summed E-state index contributed by atoms with van der Waals surface area (Å²) in [6, 6.07) is 30.3. The molecule has 1 fully saturated rings. The molecule has 0 bridgehead atoms. The summed E-state index contributed by atoms with van der Waals surface area (Å²) >= 11 is 1.74. The topological polar surface area (TPSA) is 78.9 Å². The summed E-state index contributed by atoms with van der Waals surface area (Å²) in [6.45, 7) is 6.63. The van der Waals surface area contributed by atoms with E-state index in [9.17, 15) is 14.7 Å². The van der Waals surface area contributed by atoms with Crippen LogP contribution in [0.3, 0.4) is 0 Å². The van der Waals surface area contributed by atoms with Gasteiger partial charge in [-0.2, -0.15) is 0 Å². The molecule has 1 aliphatic rings. The minimum Gasteiger partial charge on any atom is -0.480 e. The molecule has 1 saturated heterocycles. The van der Waals surface area contributed by atoms with Crippen molar-refractivity contribution < 1.29 is 19.4 Å². The molecule has 3 aromatic carbocycles. The summed E-state index contributed by atoms with van der Waals surface area (Å²) in [5.74, 6) is -0.274. The third kappa shape index (κ3) is 7.22. The zero-order valence-corrected chi connectivity index (χ0v) is 23.7. The van der Waals surface area contributed by atoms with Crippen LogP contribution in [-0.4, -0.2) is 58.6 Å². The van der Waals surface area contributed by atoms with Gasteiger partial charge in [-0.25, -0.2) is 4.79 Å². The van der Waals surface area contributed by atoms with E-state index in [0.29, 0.717) is 25.3 Å². The number of carbonyl (C=O) groups is 2. The minimum absolute atomic E-state index is 0.333. The Bertz CT molecular complexity index is 1120. The predicted molar refractivity (Wildman–Crippen MR) is 157 cm³/mol. The van der Waals surface area contributed by atoms with E-state index in [4.69, 9.17) is 4.74 Å². The number of aliphatic carboxylic acids is 1. The number of rotatable bonds is 10. The highest BCUT2D eigenvalue weighted by Crippen LogP contribution is 2.48. The summed E-state index contributed by atoms with van der Waals surface area (Å²) in [5, 5.41) is 12.8. The van der Waals surface area contributed by atoms with Gasteiger partial charge in [0, 0.05) is 12.3 Å². The highest BCUT2D eigenvalue weighted by atomic mass is 32.2. The minimum atomic E-state index is -0.816. The number of hydrogen-bond donors (Lipinski definition) is 2. The summed E-state index contributed by atoms with van der Waals surface area (Å²) in [7, 11) is 0. The third-order valence-electron chi connectivity index (χ3n) is 6.87. The second-order valence-electron chi connectivity index (χ2n) is 10.9. The van der Waals surface area contributed by atoms with E-state index in [1.54, 1.807) is 11.8 Å². The van der Waals surface area contributed by atoms with Gasteiger partial charge >= 0.3 is 12.1 Å². The first kappa shape index (κ1) is 28.7. The quantitative estimate of drug-likeness (QED) is 0.297. The van der Waals surface area contributed by atoms with Crippen molar-refractivity contribution in [2.45, 2.75) is 56.0 Å². The molecule has 0 unspecified atom stereocenters. The average Bonchev–Trinajstić information content (AvgIpc) is 3.38. The van der Waals surface area contributed by atoms with Crippen LogP contribution in [0.2, 0.25) is 0 Å². The van der Waals surface area contributed by atoms with Crippen molar-refractivity contribution in [3.05, 3.63) is 108 Å². The number of nitrogens with zero attached hydrogens (tertiary/aromatic N) is 1. The van der Waals surface area contributed by atoms with Crippen LogP contribution in [0.4, 0.5) is 4.79 Å². The molecule has 0 aliphatic carbocycles. The van der Waals surface area contributed by atoms with Crippen molar-refractivity contribution in [1.82, 2.24) is 10.2 Å². The molecule has 206 valence electrons. The normalized spacial score (nSPS) is 16.9. The van der Waals surface area contributed by atoms with Crippen molar-refractivity contribution in [1.29, 1.82) is 0 Å². The first-order valence-electron chi connectivity index (χ1n) is 13.5. The standard InChI is InChI=1S/C32H38N2O4S/c1-31(2,3)38-30(37)33-27(22-34-21-13-20-28(34)29(35)36)23-39-32(24-14-7-4-8-15-24,25-16-9-5-10-17-25)26-18-11-6-12-19-26/h4-12,14-19,27-28H,13,20-23H2,1-3H3,(H,33,37)(H,35,36)/t27-,28+/m1/s1. The van der Waals surface area contributed by atoms with Gasteiger partial charge in [-0.3, -0.25) is 9.69 Å². The second-order valence-corrected chi connectivity index (χ2v) is 12.2. The smallest absolute Gasteiger partial charge is 0.407 e. The van der Waals surface area contributed by atoms with Crippen LogP contribution in [0, 0.1) is 0 Å². The average molecular weight is 547 g/mol. The molecule has 1 aliphatic heterocycles. The number of ether oxygens (including phenoxy) is 1. The predicted octanol–water partition coefficient (Wildman–Crippen LogP) is 6.15. The molecule has 1 heterocycles. The van der Waals surface area contributed by atoms with Crippen LogP contribution in [-0.2, 0) is 14.3 Å². The van der Waals surface area contributed by atoms with Crippen molar-refractivity contribution in [2.75, 3.05) is 18.8 Å². The number of benzene rings is 3. The van der Waals surface area contributed by atoms with E-state index >= 15 is 0 Å². The number of amides is 1. The molecule has 2 N–H and O–H groups in total. The van der Waals surface area contributed by atoms with Gasteiger partial charge in [-0.1, -0.05) is 91.0 Å². The first-order chi connectivity index (χ1) is 18.7. The number of hydrogen-bond acceptors (Lipinski definition) is 5. The molecule has 39 heavy (non-hydrogen) atoms. The Balaban J connectivity index is 1.71. The number of likely N-dealkylation sites (tertiary alicyclic amines) is 1. The lowest BCUT2D eigenvalue weighted by Gasteiger charge is -2.37. The number of carbonyl (C=O) groups excluding carboxylic acids is 1. The van der Waals surface area contributed by atoms with Crippen molar-refractivity contribution in [3.8, 4) is 0 Å². The highest BCUT2D eigenvalue weighted by Gasteiger charge is 2.39. The van der Waals surface area contributed by atoms with Gasteiger partial charge in [0.2, 0.25) is 0 Å². The highest BCUT2D eigenvalue weighted by molar-refractivity contribution is 8.00. The molecule has 0 aromatic heterocycles. The molecule has 2 atom stereocenters. The van der Waals surface area contributed by atoms with E-state index in [0.717, 1.165) is 23.1 Å². The monoisotopic (exact) mass is 546 g/mol. The Morgan fingerprint density at radius 2 is 1.41 bits per heavy atom. The van der Waals surface area contributed by atoms with E-state index in [2.05, 4.69) is 78.1 Å². The van der Waals surface area contributed by atoms with E-state index in [1.807, 2.05) is 43.9 Å². The summed E-state index contributed by atoms with van der Waals surface area (Å²) in [4.78, 5) is 26.8. The number of alkyl carbamates (subject to hydrolysis) is 1. The summed E-state index contributed by atoms with van der Waals surface area (Å²) in [6.07, 6.45) is 0.943. The van der Waals surface area contributed by atoms with Gasteiger partial charge in [-0.15, -0.1) is 11.8 Å². The third-order valence-corrected chi connectivity index (χ3v) is 8.58. The molecule has 7 heteroatoms. The molecule has 6 nitrogen and oxygen atoms in total. The van der Waals surface area contributed by atoms with Crippen LogP contribution in [0.15, 0.2) is 91.0 Å². The number of carboxylic acids is 1. The lowest BCUT2D eigenvalue weighted by molar-refractivity contribution is -0.142. The Hall–Kier alpha value is -3.29. The molecule has 1 amide bonds. The van der Waals surface area contributed by atoms with Crippen LogP contribution >= 0.6 is 11.8 Å². The Morgan fingerprint density at radius 3 is 1.85 bits per heavy atom. The van der Waals surface area contributed by atoms with Crippen LogP contribution in [0.5, 0.6) is 0 Å².